The number of nitrogens with one attached hydrogen (secondary N) is 1. The molecule has 1 saturated heterocycles. The van der Waals surface area contributed by atoms with Crippen molar-refractivity contribution in [2.75, 3.05) is 43.5 Å². The number of carbonyl (C=O) groups excluding carboxylic acids is 2. The molecule has 2 aromatic heterocycles. The fourth-order valence-electron chi connectivity index (χ4n) is 2.48. The van der Waals surface area contributed by atoms with E-state index in [9.17, 15) is 9.59 Å². The average Bonchev–Trinajstić information content (AvgIpc) is 2.68. The van der Waals surface area contributed by atoms with Crippen LogP contribution in [0.2, 0.25) is 0 Å². The zero-order valence-electron chi connectivity index (χ0n) is 13.8. The summed E-state index contributed by atoms with van der Waals surface area (Å²) in [6.45, 7) is 2.24. The van der Waals surface area contributed by atoms with Crippen LogP contribution in [0.3, 0.4) is 0 Å². The Morgan fingerprint density at radius 2 is 1.96 bits per heavy atom. The van der Waals surface area contributed by atoms with E-state index in [2.05, 4.69) is 20.3 Å². The number of rotatable bonds is 3. The van der Waals surface area contributed by atoms with Gasteiger partial charge in [0.05, 0.1) is 19.5 Å². The number of piperazine rings is 1. The normalized spacial score (nSPS) is 14.1. The van der Waals surface area contributed by atoms with Crippen molar-refractivity contribution in [3.8, 4) is 0 Å². The lowest BCUT2D eigenvalue weighted by Gasteiger charge is -2.34. The fourth-order valence-corrected chi connectivity index (χ4v) is 2.48. The van der Waals surface area contributed by atoms with Crippen molar-refractivity contribution in [1.82, 2.24) is 19.9 Å². The van der Waals surface area contributed by atoms with E-state index in [0.717, 1.165) is 0 Å². The van der Waals surface area contributed by atoms with Gasteiger partial charge in [0.15, 0.2) is 0 Å². The van der Waals surface area contributed by atoms with Gasteiger partial charge in [-0.25, -0.2) is 14.8 Å². The Morgan fingerprint density at radius 3 is 2.64 bits per heavy atom. The van der Waals surface area contributed by atoms with Gasteiger partial charge in [0.1, 0.15) is 17.3 Å². The molecule has 1 aliphatic heterocycles. The molecular weight excluding hydrogens is 324 g/mol. The molecule has 25 heavy (non-hydrogen) atoms. The largest absolute Gasteiger partial charge is 0.453 e. The van der Waals surface area contributed by atoms with Crippen LogP contribution in [0.5, 0.6) is 0 Å². The number of pyridine rings is 1. The second-order valence-electron chi connectivity index (χ2n) is 5.38. The minimum atomic E-state index is -0.374. The van der Waals surface area contributed by atoms with E-state index < -0.39 is 0 Å². The maximum Gasteiger partial charge on any atom is 0.409 e. The molecule has 0 radical (unpaired) electrons. The molecule has 1 N–H and O–H groups in total. The molecule has 3 heterocycles. The number of ether oxygens (including phenoxy) is 1. The number of amides is 2. The van der Waals surface area contributed by atoms with Crippen LogP contribution in [-0.4, -0.2) is 65.1 Å². The highest BCUT2D eigenvalue weighted by atomic mass is 16.5. The second kappa shape index (κ2) is 7.56. The topological polar surface area (TPSA) is 101 Å². The Kier molecular flexibility index (Phi) is 5.03. The highest BCUT2D eigenvalue weighted by Gasteiger charge is 2.23. The van der Waals surface area contributed by atoms with Crippen LogP contribution in [0.25, 0.3) is 0 Å². The molecule has 0 aliphatic carbocycles. The summed E-state index contributed by atoms with van der Waals surface area (Å²) in [5.41, 5.74) is 0.207. The number of methoxy groups -OCH3 is 1. The van der Waals surface area contributed by atoms with E-state index in [0.29, 0.717) is 37.8 Å². The molecule has 0 aromatic carbocycles. The Balaban J connectivity index is 1.66. The van der Waals surface area contributed by atoms with Crippen LogP contribution in [-0.2, 0) is 4.74 Å². The fraction of sp³-hybridized carbons (Fsp3) is 0.312. The number of hydrogen-bond donors (Lipinski definition) is 1. The number of anilines is 2. The molecule has 0 unspecified atom stereocenters. The van der Waals surface area contributed by atoms with Crippen LogP contribution in [0.15, 0.2) is 36.8 Å². The lowest BCUT2D eigenvalue weighted by atomic mass is 10.3. The quantitative estimate of drug-likeness (QED) is 0.888. The van der Waals surface area contributed by atoms with Gasteiger partial charge in [0, 0.05) is 32.4 Å². The zero-order valence-corrected chi connectivity index (χ0v) is 13.8. The average molecular weight is 342 g/mol. The molecule has 2 aromatic rings. The molecule has 1 fully saturated rings. The smallest absolute Gasteiger partial charge is 0.409 e. The molecule has 9 nitrogen and oxygen atoms in total. The first-order valence-electron chi connectivity index (χ1n) is 7.79. The predicted molar refractivity (Wildman–Crippen MR) is 90.4 cm³/mol. The van der Waals surface area contributed by atoms with E-state index in [1.165, 1.54) is 13.3 Å². The predicted octanol–water partition coefficient (Wildman–Crippen LogP) is 1.01. The number of hydrogen-bond acceptors (Lipinski definition) is 7. The molecule has 9 heteroatoms. The Hall–Kier alpha value is -3.23. The lowest BCUT2D eigenvalue weighted by molar-refractivity contribution is 0.102. The molecular formula is C16H18N6O3. The lowest BCUT2D eigenvalue weighted by Crippen LogP contribution is -2.49. The van der Waals surface area contributed by atoms with Crippen LogP contribution in [0, 0.1) is 0 Å². The SMILES string of the molecule is COC(=O)N1CCN(c2cncc(C(=O)Nc3ccccn3)n2)CC1. The Morgan fingerprint density at radius 1 is 1.16 bits per heavy atom. The summed E-state index contributed by atoms with van der Waals surface area (Å²) in [6.07, 6.45) is 4.27. The minimum Gasteiger partial charge on any atom is -0.453 e. The summed E-state index contributed by atoms with van der Waals surface area (Å²) in [4.78, 5) is 39.9. The van der Waals surface area contributed by atoms with E-state index in [1.807, 2.05) is 4.90 Å². The highest BCUT2D eigenvalue weighted by molar-refractivity contribution is 6.02. The molecule has 0 atom stereocenters. The molecule has 0 spiro atoms. The van der Waals surface area contributed by atoms with Crippen LogP contribution >= 0.6 is 0 Å². The van der Waals surface area contributed by atoms with Crippen molar-refractivity contribution in [2.24, 2.45) is 0 Å². The van der Waals surface area contributed by atoms with Gasteiger partial charge in [0.2, 0.25) is 0 Å². The van der Waals surface area contributed by atoms with E-state index in [-0.39, 0.29) is 17.7 Å². The van der Waals surface area contributed by atoms with Gasteiger partial charge in [-0.2, -0.15) is 0 Å². The maximum absolute atomic E-state index is 12.3. The van der Waals surface area contributed by atoms with Crippen molar-refractivity contribution in [3.63, 3.8) is 0 Å². The molecule has 3 rings (SSSR count). The Bertz CT molecular complexity index is 747. The Labute approximate surface area is 144 Å². The summed E-state index contributed by atoms with van der Waals surface area (Å²) in [5, 5.41) is 2.68. The highest BCUT2D eigenvalue weighted by Crippen LogP contribution is 2.14. The van der Waals surface area contributed by atoms with Gasteiger partial charge in [0.25, 0.3) is 5.91 Å². The summed E-state index contributed by atoms with van der Waals surface area (Å²) in [7, 11) is 1.36. The minimum absolute atomic E-state index is 0.207. The standard InChI is InChI=1S/C16H18N6O3/c1-25-16(24)22-8-6-21(7-9-22)14-11-17-10-12(19-14)15(23)20-13-4-2-3-5-18-13/h2-5,10-11H,6-9H2,1H3,(H,18,20,23). The van der Waals surface area contributed by atoms with Crippen molar-refractivity contribution in [3.05, 3.63) is 42.5 Å². The number of nitrogens with zero attached hydrogens (tertiary/aromatic N) is 5. The summed E-state index contributed by atoms with van der Waals surface area (Å²) in [5.74, 6) is 0.672. The van der Waals surface area contributed by atoms with E-state index >= 15 is 0 Å². The van der Waals surface area contributed by atoms with Gasteiger partial charge in [-0.3, -0.25) is 9.78 Å². The van der Waals surface area contributed by atoms with Crippen molar-refractivity contribution in [1.29, 1.82) is 0 Å². The van der Waals surface area contributed by atoms with Gasteiger partial charge in [-0.1, -0.05) is 6.07 Å². The van der Waals surface area contributed by atoms with Gasteiger partial charge in [-0.05, 0) is 12.1 Å². The van der Waals surface area contributed by atoms with Gasteiger partial charge in [-0.15, -0.1) is 0 Å². The summed E-state index contributed by atoms with van der Waals surface area (Å²) < 4.78 is 4.72. The number of carbonyl (C=O) groups is 2. The third kappa shape index (κ3) is 4.00. The molecule has 2 amide bonds. The van der Waals surface area contributed by atoms with Gasteiger partial charge >= 0.3 is 6.09 Å². The molecule has 130 valence electrons. The third-order valence-corrected chi connectivity index (χ3v) is 3.80. The summed E-state index contributed by atoms with van der Waals surface area (Å²) >= 11 is 0. The zero-order chi connectivity index (χ0) is 17.6. The first-order valence-corrected chi connectivity index (χ1v) is 7.79. The maximum atomic E-state index is 12.3. The second-order valence-corrected chi connectivity index (χ2v) is 5.38. The first kappa shape index (κ1) is 16.6. The van der Waals surface area contributed by atoms with Gasteiger partial charge < -0.3 is 19.9 Å². The number of aromatic nitrogens is 3. The van der Waals surface area contributed by atoms with Crippen molar-refractivity contribution < 1.29 is 14.3 Å². The monoisotopic (exact) mass is 342 g/mol. The molecule has 1 aliphatic rings. The van der Waals surface area contributed by atoms with Crippen molar-refractivity contribution in [2.45, 2.75) is 0 Å². The molecule has 0 bridgehead atoms. The van der Waals surface area contributed by atoms with E-state index in [1.54, 1.807) is 35.5 Å². The van der Waals surface area contributed by atoms with Crippen molar-refractivity contribution >= 4 is 23.6 Å². The van der Waals surface area contributed by atoms with Crippen LogP contribution in [0.1, 0.15) is 10.5 Å². The first-order chi connectivity index (χ1) is 12.2. The molecule has 0 saturated carbocycles. The van der Waals surface area contributed by atoms with E-state index in [4.69, 9.17) is 4.74 Å². The van der Waals surface area contributed by atoms with Crippen LogP contribution < -0.4 is 10.2 Å². The van der Waals surface area contributed by atoms with Crippen LogP contribution in [0.4, 0.5) is 16.4 Å². The summed E-state index contributed by atoms with van der Waals surface area (Å²) in [6, 6.07) is 5.25. The third-order valence-electron chi connectivity index (χ3n) is 3.80.